The molecule has 0 saturated carbocycles. The lowest BCUT2D eigenvalue weighted by atomic mass is 10.2. The van der Waals surface area contributed by atoms with Crippen LogP contribution < -0.4 is 4.90 Å². The van der Waals surface area contributed by atoms with Crippen LogP contribution in [0.4, 0.5) is 11.5 Å². The topological polar surface area (TPSA) is 107 Å². The van der Waals surface area contributed by atoms with Crippen LogP contribution in [0.5, 0.6) is 0 Å². The van der Waals surface area contributed by atoms with Crippen LogP contribution in [0.15, 0.2) is 12.3 Å². The fourth-order valence-electron chi connectivity index (χ4n) is 2.60. The quantitative estimate of drug-likeness (QED) is 0.630. The van der Waals surface area contributed by atoms with Crippen LogP contribution in [0, 0.1) is 21.4 Å². The number of likely N-dealkylation sites (N-methyl/N-ethyl adjacent to an activating group) is 1. The van der Waals surface area contributed by atoms with Crippen molar-refractivity contribution >= 4 is 11.5 Å². The summed E-state index contributed by atoms with van der Waals surface area (Å²) in [5.41, 5.74) is -0.0544. The van der Waals surface area contributed by atoms with Crippen molar-refractivity contribution in [2.24, 2.45) is 0 Å². The molecule has 2 atom stereocenters. The van der Waals surface area contributed by atoms with Crippen LogP contribution in [0.25, 0.3) is 0 Å². The third-order valence-corrected chi connectivity index (χ3v) is 3.42. The Bertz CT molecular complexity index is 584. The molecule has 2 rings (SSSR count). The number of hydrogen-bond donors (Lipinski definition) is 1. The van der Waals surface area contributed by atoms with Gasteiger partial charge in [-0.1, -0.05) is 0 Å². The van der Waals surface area contributed by atoms with Gasteiger partial charge in [0.25, 0.3) is 5.69 Å². The number of anilines is 1. The Hall–Kier alpha value is -2.24. The van der Waals surface area contributed by atoms with Crippen molar-refractivity contribution in [1.29, 1.82) is 5.26 Å². The SMILES string of the molecule is CN(C)CC1CC(O)CN1c1ncc([N+](=O)[O-])cc1C#N. The highest BCUT2D eigenvalue weighted by Crippen LogP contribution is 2.29. The predicted molar refractivity (Wildman–Crippen MR) is 75.9 cm³/mol. The summed E-state index contributed by atoms with van der Waals surface area (Å²) < 4.78 is 0. The van der Waals surface area contributed by atoms with Crippen LogP contribution in [0.2, 0.25) is 0 Å². The molecule has 21 heavy (non-hydrogen) atoms. The summed E-state index contributed by atoms with van der Waals surface area (Å²) >= 11 is 0. The van der Waals surface area contributed by atoms with E-state index in [0.717, 1.165) is 6.20 Å². The Kier molecular flexibility index (Phi) is 4.35. The number of aliphatic hydroxyl groups is 1. The molecule has 1 fully saturated rings. The smallest absolute Gasteiger partial charge is 0.289 e. The number of aliphatic hydroxyl groups excluding tert-OH is 1. The second-order valence-corrected chi connectivity index (χ2v) is 5.39. The van der Waals surface area contributed by atoms with Gasteiger partial charge in [0.2, 0.25) is 0 Å². The number of pyridine rings is 1. The molecule has 0 amide bonds. The van der Waals surface area contributed by atoms with Gasteiger partial charge < -0.3 is 14.9 Å². The molecule has 1 aromatic heterocycles. The van der Waals surface area contributed by atoms with E-state index in [0.29, 0.717) is 25.3 Å². The van der Waals surface area contributed by atoms with Gasteiger partial charge in [0.15, 0.2) is 0 Å². The van der Waals surface area contributed by atoms with Gasteiger partial charge in [0.05, 0.1) is 11.0 Å². The molecule has 1 saturated heterocycles. The Morgan fingerprint density at radius 1 is 1.67 bits per heavy atom. The molecule has 2 heterocycles. The highest BCUT2D eigenvalue weighted by molar-refractivity contribution is 5.58. The first kappa shape index (κ1) is 15.2. The molecule has 0 spiro atoms. The average molecular weight is 291 g/mol. The summed E-state index contributed by atoms with van der Waals surface area (Å²) in [6.07, 6.45) is 1.24. The Labute approximate surface area is 122 Å². The van der Waals surface area contributed by atoms with Crippen LogP contribution in [-0.4, -0.2) is 59.2 Å². The molecule has 0 aromatic carbocycles. The van der Waals surface area contributed by atoms with Crippen molar-refractivity contribution in [2.45, 2.75) is 18.6 Å². The molecule has 112 valence electrons. The first-order valence-electron chi connectivity index (χ1n) is 6.56. The standard InChI is InChI=1S/C13H17N5O3/c1-16(2)7-11-4-12(19)8-17(11)13-9(5-14)3-10(6-15-13)18(20)21/h3,6,11-12,19H,4,7-8H2,1-2H3. The first-order chi connectivity index (χ1) is 9.92. The van der Waals surface area contributed by atoms with Crippen LogP contribution in [0.1, 0.15) is 12.0 Å². The van der Waals surface area contributed by atoms with Gasteiger partial charge in [-0.05, 0) is 20.5 Å². The molecular formula is C13H17N5O3. The summed E-state index contributed by atoms with van der Waals surface area (Å²) in [7, 11) is 3.86. The normalized spacial score (nSPS) is 21.6. The minimum Gasteiger partial charge on any atom is -0.391 e. The monoisotopic (exact) mass is 291 g/mol. The summed E-state index contributed by atoms with van der Waals surface area (Å²) in [5, 5.41) is 29.8. The van der Waals surface area contributed by atoms with E-state index in [1.165, 1.54) is 6.07 Å². The molecule has 8 nitrogen and oxygen atoms in total. The fourth-order valence-corrected chi connectivity index (χ4v) is 2.60. The van der Waals surface area contributed by atoms with E-state index >= 15 is 0 Å². The highest BCUT2D eigenvalue weighted by Gasteiger charge is 2.33. The Balaban J connectivity index is 2.35. The summed E-state index contributed by atoms with van der Waals surface area (Å²) in [4.78, 5) is 18.1. The van der Waals surface area contributed by atoms with Gasteiger partial charge in [0.1, 0.15) is 23.6 Å². The second kappa shape index (κ2) is 6.03. The van der Waals surface area contributed by atoms with Crippen LogP contribution in [0.3, 0.4) is 0 Å². The minimum absolute atomic E-state index is 0.0241. The molecule has 1 N–H and O–H groups in total. The van der Waals surface area contributed by atoms with Crippen LogP contribution >= 0.6 is 0 Å². The zero-order chi connectivity index (χ0) is 15.6. The van der Waals surface area contributed by atoms with E-state index < -0.39 is 11.0 Å². The van der Waals surface area contributed by atoms with Gasteiger partial charge >= 0.3 is 0 Å². The van der Waals surface area contributed by atoms with E-state index in [1.807, 2.05) is 30.0 Å². The maximum Gasteiger partial charge on any atom is 0.289 e. The lowest BCUT2D eigenvalue weighted by Gasteiger charge is -2.28. The number of aromatic nitrogens is 1. The van der Waals surface area contributed by atoms with Gasteiger partial charge in [-0.15, -0.1) is 0 Å². The van der Waals surface area contributed by atoms with E-state index in [-0.39, 0.29) is 17.3 Å². The van der Waals surface area contributed by atoms with E-state index in [2.05, 4.69) is 4.98 Å². The molecule has 0 aliphatic carbocycles. The number of nitriles is 1. The van der Waals surface area contributed by atoms with E-state index in [9.17, 15) is 20.5 Å². The molecule has 1 aromatic rings. The number of β-amino-alcohol motifs (C(OH)–C–C–N with tert-alkyl or cyclic N) is 1. The number of rotatable bonds is 4. The molecule has 0 bridgehead atoms. The number of nitrogens with zero attached hydrogens (tertiary/aromatic N) is 5. The third kappa shape index (κ3) is 3.26. The van der Waals surface area contributed by atoms with Gasteiger partial charge in [-0.3, -0.25) is 10.1 Å². The molecule has 2 unspecified atom stereocenters. The fraction of sp³-hybridized carbons (Fsp3) is 0.538. The predicted octanol–water partition coefficient (Wildman–Crippen LogP) is 0.363. The zero-order valence-electron chi connectivity index (χ0n) is 11.9. The molecule has 1 aliphatic heterocycles. The highest BCUT2D eigenvalue weighted by atomic mass is 16.6. The maximum atomic E-state index is 10.8. The number of hydrogen-bond acceptors (Lipinski definition) is 7. The lowest BCUT2D eigenvalue weighted by molar-refractivity contribution is -0.385. The third-order valence-electron chi connectivity index (χ3n) is 3.42. The second-order valence-electron chi connectivity index (χ2n) is 5.39. The van der Waals surface area contributed by atoms with E-state index in [1.54, 1.807) is 0 Å². The lowest BCUT2D eigenvalue weighted by Crippen LogP contribution is -2.38. The van der Waals surface area contributed by atoms with Crippen molar-refractivity contribution in [3.05, 3.63) is 27.9 Å². The molecule has 8 heteroatoms. The van der Waals surface area contributed by atoms with Crippen molar-refractivity contribution < 1.29 is 10.0 Å². The minimum atomic E-state index is -0.576. The first-order valence-corrected chi connectivity index (χ1v) is 6.56. The summed E-state index contributed by atoms with van der Waals surface area (Å²) in [5.74, 6) is 0.395. The van der Waals surface area contributed by atoms with Gasteiger partial charge in [0, 0.05) is 25.2 Å². The average Bonchev–Trinajstić information content (AvgIpc) is 2.77. The Morgan fingerprint density at radius 3 is 2.95 bits per heavy atom. The molecule has 1 aliphatic rings. The molecular weight excluding hydrogens is 274 g/mol. The van der Waals surface area contributed by atoms with Gasteiger partial charge in [-0.25, -0.2) is 4.98 Å². The zero-order valence-corrected chi connectivity index (χ0v) is 11.9. The van der Waals surface area contributed by atoms with Crippen molar-refractivity contribution in [3.8, 4) is 6.07 Å². The van der Waals surface area contributed by atoms with Crippen molar-refractivity contribution in [3.63, 3.8) is 0 Å². The van der Waals surface area contributed by atoms with Gasteiger partial charge in [-0.2, -0.15) is 5.26 Å². The van der Waals surface area contributed by atoms with Crippen molar-refractivity contribution in [1.82, 2.24) is 9.88 Å². The van der Waals surface area contributed by atoms with E-state index in [4.69, 9.17) is 0 Å². The number of nitro groups is 1. The Morgan fingerprint density at radius 2 is 2.38 bits per heavy atom. The van der Waals surface area contributed by atoms with Crippen molar-refractivity contribution in [2.75, 3.05) is 32.1 Å². The maximum absolute atomic E-state index is 10.8. The molecule has 0 radical (unpaired) electrons. The summed E-state index contributed by atoms with van der Waals surface area (Å²) in [6, 6.07) is 3.20. The summed E-state index contributed by atoms with van der Waals surface area (Å²) in [6.45, 7) is 1.08. The van der Waals surface area contributed by atoms with Crippen LogP contribution in [-0.2, 0) is 0 Å². The largest absolute Gasteiger partial charge is 0.391 e.